The SMILES string of the molecule is C/C(=C/[C@@H](C)S(C)(=O)=O)[C@@H](O[C@@H](C)c1c(F)c(F)c(F)c(F)c1F)[C@@H]1CCCCC1=O. The molecule has 1 saturated carbocycles. The van der Waals surface area contributed by atoms with Crippen molar-refractivity contribution in [2.45, 2.75) is 63.9 Å². The monoisotopic (exact) mass is 468 g/mol. The predicted octanol–water partition coefficient (Wildman–Crippen LogP) is 4.97. The number of ketones is 1. The average Bonchev–Trinajstić information content (AvgIpc) is 2.69. The van der Waals surface area contributed by atoms with E-state index in [9.17, 15) is 35.2 Å². The molecule has 0 amide bonds. The quantitative estimate of drug-likeness (QED) is 0.246. The first-order chi connectivity index (χ1) is 14.3. The molecule has 1 fully saturated rings. The van der Waals surface area contributed by atoms with Crippen LogP contribution in [0.15, 0.2) is 11.6 Å². The van der Waals surface area contributed by atoms with Gasteiger partial charge >= 0.3 is 0 Å². The fourth-order valence-electron chi connectivity index (χ4n) is 3.70. The Morgan fingerprint density at radius 3 is 2.00 bits per heavy atom. The van der Waals surface area contributed by atoms with Crippen molar-refractivity contribution in [3.05, 3.63) is 46.3 Å². The summed E-state index contributed by atoms with van der Waals surface area (Å²) in [6.45, 7) is 4.05. The molecule has 2 rings (SSSR count). The molecule has 0 saturated heterocycles. The van der Waals surface area contributed by atoms with E-state index in [2.05, 4.69) is 0 Å². The Labute approximate surface area is 178 Å². The largest absolute Gasteiger partial charge is 0.365 e. The maximum absolute atomic E-state index is 14.2. The minimum absolute atomic E-state index is 0.166. The number of ether oxygens (including phenoxy) is 1. The fraction of sp³-hybridized carbons (Fsp3) is 0.571. The molecule has 4 nitrogen and oxygen atoms in total. The Hall–Kier alpha value is -1.81. The molecule has 0 spiro atoms. The van der Waals surface area contributed by atoms with E-state index in [-0.39, 0.29) is 12.2 Å². The van der Waals surface area contributed by atoms with Crippen molar-refractivity contribution in [1.82, 2.24) is 0 Å². The van der Waals surface area contributed by atoms with Crippen LogP contribution in [0.3, 0.4) is 0 Å². The zero-order valence-electron chi connectivity index (χ0n) is 17.6. The Bertz CT molecular complexity index is 961. The first kappa shape index (κ1) is 25.5. The topological polar surface area (TPSA) is 60.4 Å². The van der Waals surface area contributed by atoms with Gasteiger partial charge in [-0.2, -0.15) is 0 Å². The molecule has 0 aromatic heterocycles. The van der Waals surface area contributed by atoms with Crippen molar-refractivity contribution < 1.29 is 39.9 Å². The van der Waals surface area contributed by atoms with Gasteiger partial charge in [-0.1, -0.05) is 12.5 Å². The fourth-order valence-corrected chi connectivity index (χ4v) is 4.17. The predicted molar refractivity (Wildman–Crippen MR) is 105 cm³/mol. The van der Waals surface area contributed by atoms with E-state index in [0.29, 0.717) is 24.8 Å². The van der Waals surface area contributed by atoms with Gasteiger partial charge in [-0.15, -0.1) is 0 Å². The second-order valence-electron chi connectivity index (χ2n) is 7.95. The van der Waals surface area contributed by atoms with Crippen LogP contribution in [-0.2, 0) is 19.4 Å². The number of hydrogen-bond donors (Lipinski definition) is 0. The summed E-state index contributed by atoms with van der Waals surface area (Å²) in [7, 11) is -3.46. The standard InChI is InChI=1S/C21H25F5O4S/c1-10(9-11(2)31(4,28)29)21(13-7-5-6-8-14(13)27)30-12(3)15-16(22)18(24)20(26)19(25)17(15)23/h9,11-13,21H,5-8H2,1-4H3/b10-9-/t11-,12+,13-,21-/m1/s1. The molecule has 0 heterocycles. The molecule has 1 aliphatic rings. The van der Waals surface area contributed by atoms with Gasteiger partial charge in [0.15, 0.2) is 33.1 Å². The Morgan fingerprint density at radius 2 is 1.52 bits per heavy atom. The highest BCUT2D eigenvalue weighted by molar-refractivity contribution is 7.91. The van der Waals surface area contributed by atoms with E-state index < -0.39 is 67.9 Å². The van der Waals surface area contributed by atoms with Crippen LogP contribution >= 0.6 is 0 Å². The summed E-state index contributed by atoms with van der Waals surface area (Å²) in [6, 6.07) is 0. The minimum Gasteiger partial charge on any atom is -0.365 e. The van der Waals surface area contributed by atoms with Crippen LogP contribution in [0, 0.1) is 35.0 Å². The van der Waals surface area contributed by atoms with Crippen molar-refractivity contribution in [2.24, 2.45) is 5.92 Å². The third kappa shape index (κ3) is 5.52. The highest BCUT2D eigenvalue weighted by Gasteiger charge is 2.36. The molecule has 31 heavy (non-hydrogen) atoms. The highest BCUT2D eigenvalue weighted by Crippen LogP contribution is 2.35. The van der Waals surface area contributed by atoms with E-state index in [4.69, 9.17) is 4.74 Å². The van der Waals surface area contributed by atoms with Gasteiger partial charge in [0.2, 0.25) is 5.82 Å². The Balaban J connectivity index is 2.49. The molecular weight excluding hydrogens is 443 g/mol. The summed E-state index contributed by atoms with van der Waals surface area (Å²) in [4.78, 5) is 12.5. The van der Waals surface area contributed by atoms with E-state index in [1.165, 1.54) is 19.9 Å². The molecule has 0 radical (unpaired) electrons. The van der Waals surface area contributed by atoms with Crippen molar-refractivity contribution >= 4 is 15.6 Å². The van der Waals surface area contributed by atoms with Crippen LogP contribution in [0.25, 0.3) is 0 Å². The van der Waals surface area contributed by atoms with Crippen molar-refractivity contribution in [3.63, 3.8) is 0 Å². The van der Waals surface area contributed by atoms with E-state index in [1.807, 2.05) is 0 Å². The van der Waals surface area contributed by atoms with E-state index in [1.54, 1.807) is 0 Å². The smallest absolute Gasteiger partial charge is 0.200 e. The van der Waals surface area contributed by atoms with Crippen LogP contribution in [0.1, 0.15) is 58.1 Å². The lowest BCUT2D eigenvalue weighted by Crippen LogP contribution is -2.35. The number of rotatable bonds is 7. The van der Waals surface area contributed by atoms with E-state index >= 15 is 0 Å². The molecule has 174 valence electrons. The molecule has 1 aliphatic carbocycles. The average molecular weight is 468 g/mol. The molecule has 0 N–H and O–H groups in total. The van der Waals surface area contributed by atoms with Gasteiger partial charge in [-0.3, -0.25) is 4.79 Å². The van der Waals surface area contributed by atoms with Gasteiger partial charge < -0.3 is 4.74 Å². The summed E-state index contributed by atoms with van der Waals surface area (Å²) in [5.41, 5.74) is -0.817. The molecule has 0 aliphatic heterocycles. The number of sulfone groups is 1. The van der Waals surface area contributed by atoms with Gasteiger partial charge in [0.25, 0.3) is 0 Å². The number of hydrogen-bond acceptors (Lipinski definition) is 4. The second kappa shape index (κ2) is 9.77. The number of carbonyl (C=O) groups is 1. The second-order valence-corrected chi connectivity index (χ2v) is 10.3. The van der Waals surface area contributed by atoms with Gasteiger partial charge in [0.1, 0.15) is 5.78 Å². The number of halogens is 5. The third-order valence-electron chi connectivity index (χ3n) is 5.59. The molecule has 10 heteroatoms. The normalized spacial score (nSPS) is 21.1. The summed E-state index contributed by atoms with van der Waals surface area (Å²) >= 11 is 0. The van der Waals surface area contributed by atoms with Gasteiger partial charge in [0, 0.05) is 18.6 Å². The zero-order valence-corrected chi connectivity index (χ0v) is 18.5. The summed E-state index contributed by atoms with van der Waals surface area (Å²) in [6.07, 6.45) is 1.72. The number of carbonyl (C=O) groups excluding carboxylic acids is 1. The lowest BCUT2D eigenvalue weighted by atomic mass is 9.81. The molecule has 1 aromatic carbocycles. The van der Waals surface area contributed by atoms with Gasteiger partial charge in [0.05, 0.1) is 23.0 Å². The first-order valence-corrected chi connectivity index (χ1v) is 11.8. The third-order valence-corrected chi connectivity index (χ3v) is 7.08. The Kier molecular flexibility index (Phi) is 8.02. The number of benzene rings is 1. The zero-order chi connectivity index (χ0) is 23.7. The van der Waals surface area contributed by atoms with Crippen molar-refractivity contribution in [1.29, 1.82) is 0 Å². The van der Waals surface area contributed by atoms with Crippen LogP contribution in [-0.4, -0.2) is 31.8 Å². The van der Waals surface area contributed by atoms with Crippen molar-refractivity contribution in [2.75, 3.05) is 6.26 Å². The van der Waals surface area contributed by atoms with E-state index in [0.717, 1.165) is 13.2 Å². The first-order valence-electron chi connectivity index (χ1n) is 9.84. The summed E-state index contributed by atoms with van der Waals surface area (Å²) in [5, 5.41) is -0.929. The summed E-state index contributed by atoms with van der Waals surface area (Å²) < 4.78 is 98.4. The number of Topliss-reactive ketones (excluding diaryl/α,β-unsaturated/α-hetero) is 1. The lowest BCUT2D eigenvalue weighted by molar-refractivity contribution is -0.131. The van der Waals surface area contributed by atoms with Crippen LogP contribution in [0.4, 0.5) is 22.0 Å². The molecule has 0 unspecified atom stereocenters. The molecule has 1 aromatic rings. The van der Waals surface area contributed by atoms with Crippen molar-refractivity contribution in [3.8, 4) is 0 Å². The van der Waals surface area contributed by atoms with Crippen LogP contribution < -0.4 is 0 Å². The van der Waals surface area contributed by atoms with Crippen LogP contribution in [0.2, 0.25) is 0 Å². The Morgan fingerprint density at radius 1 is 1.00 bits per heavy atom. The lowest BCUT2D eigenvalue weighted by Gasteiger charge is -2.32. The molecule has 0 bridgehead atoms. The molecule has 4 atom stereocenters. The highest BCUT2D eigenvalue weighted by atomic mass is 32.2. The summed E-state index contributed by atoms with van der Waals surface area (Å²) in [5.74, 6) is -11.4. The van der Waals surface area contributed by atoms with Crippen LogP contribution in [0.5, 0.6) is 0 Å². The maximum atomic E-state index is 14.2. The van der Waals surface area contributed by atoms with Gasteiger partial charge in [-0.25, -0.2) is 30.4 Å². The maximum Gasteiger partial charge on any atom is 0.200 e. The molecular formula is C21H25F5O4S. The van der Waals surface area contributed by atoms with Gasteiger partial charge in [-0.05, 0) is 39.2 Å². The minimum atomic E-state index is -3.46.